The van der Waals surface area contributed by atoms with Crippen LogP contribution in [0.25, 0.3) is 0 Å². The van der Waals surface area contributed by atoms with Gasteiger partial charge in [-0.25, -0.2) is 4.98 Å². The van der Waals surface area contributed by atoms with E-state index in [2.05, 4.69) is 74.2 Å². The van der Waals surface area contributed by atoms with Gasteiger partial charge in [0.1, 0.15) is 5.03 Å². The number of fused-ring (bicyclic) bond motifs is 2. The van der Waals surface area contributed by atoms with Gasteiger partial charge in [-0.15, -0.1) is 0 Å². The Morgan fingerprint density at radius 1 is 1.03 bits per heavy atom. The molecule has 2 aromatic carbocycles. The molecular formula is C29H35N5S. The molecule has 3 heterocycles. The van der Waals surface area contributed by atoms with Crippen LogP contribution in [0.5, 0.6) is 0 Å². The van der Waals surface area contributed by atoms with Crippen LogP contribution in [0.3, 0.4) is 0 Å². The minimum Gasteiger partial charge on any atom is -0.368 e. The molecule has 6 heteroatoms. The van der Waals surface area contributed by atoms with Crippen molar-refractivity contribution in [2.75, 3.05) is 31.1 Å². The van der Waals surface area contributed by atoms with E-state index >= 15 is 0 Å². The van der Waals surface area contributed by atoms with Crippen molar-refractivity contribution in [3.63, 3.8) is 0 Å². The molecule has 2 aliphatic carbocycles. The Morgan fingerprint density at radius 3 is 2.63 bits per heavy atom. The van der Waals surface area contributed by atoms with Crippen molar-refractivity contribution in [1.29, 1.82) is 0 Å². The maximum atomic E-state index is 4.41. The summed E-state index contributed by atoms with van der Waals surface area (Å²) in [7, 11) is 2.01. The normalized spacial score (nSPS) is 28.0. The zero-order valence-corrected chi connectivity index (χ0v) is 21.3. The van der Waals surface area contributed by atoms with Crippen LogP contribution in [-0.2, 0) is 19.9 Å². The molecule has 2 saturated heterocycles. The first-order valence-electron chi connectivity index (χ1n) is 13.3. The van der Waals surface area contributed by atoms with Crippen LogP contribution in [0.2, 0.25) is 0 Å². The summed E-state index contributed by atoms with van der Waals surface area (Å²) >= 11 is 1.65. The average molecular weight is 486 g/mol. The first kappa shape index (κ1) is 22.0. The lowest BCUT2D eigenvalue weighted by Gasteiger charge is -2.43. The topological polar surface area (TPSA) is 36.3 Å². The van der Waals surface area contributed by atoms with Crippen molar-refractivity contribution < 1.29 is 0 Å². The molecule has 0 bridgehead atoms. The highest BCUT2D eigenvalue weighted by Crippen LogP contribution is 2.49. The highest BCUT2D eigenvalue weighted by molar-refractivity contribution is 7.97. The molecule has 35 heavy (non-hydrogen) atoms. The molecule has 4 unspecified atom stereocenters. The number of aromatic nitrogens is 2. The van der Waals surface area contributed by atoms with Crippen LogP contribution in [0.1, 0.15) is 35.4 Å². The molecule has 4 aliphatic rings. The van der Waals surface area contributed by atoms with E-state index in [-0.39, 0.29) is 0 Å². The number of benzene rings is 2. The molecule has 3 aromatic rings. The fourth-order valence-electron chi connectivity index (χ4n) is 6.67. The van der Waals surface area contributed by atoms with Crippen LogP contribution in [-0.4, -0.2) is 52.7 Å². The lowest BCUT2D eigenvalue weighted by molar-refractivity contribution is 0.171. The number of nitrogens with one attached hydrogen (secondary N) is 1. The van der Waals surface area contributed by atoms with Gasteiger partial charge in [0.15, 0.2) is 0 Å². The highest BCUT2D eigenvalue weighted by atomic mass is 32.2. The number of piperidine rings is 1. The zero-order chi connectivity index (χ0) is 23.4. The van der Waals surface area contributed by atoms with Gasteiger partial charge in [-0.2, -0.15) is 0 Å². The first-order chi connectivity index (χ1) is 17.2. The third-order valence-electron chi connectivity index (χ3n) is 8.74. The van der Waals surface area contributed by atoms with Gasteiger partial charge in [0.05, 0.1) is 12.4 Å². The minimum absolute atomic E-state index is 0.502. The summed E-state index contributed by atoms with van der Waals surface area (Å²) in [6.07, 6.45) is 9.08. The van der Waals surface area contributed by atoms with Crippen LogP contribution < -0.4 is 9.62 Å². The lowest BCUT2D eigenvalue weighted by Crippen LogP contribution is -2.56. The Bertz CT molecular complexity index is 1180. The van der Waals surface area contributed by atoms with Gasteiger partial charge in [-0.05, 0) is 78.3 Å². The molecule has 0 amide bonds. The van der Waals surface area contributed by atoms with Gasteiger partial charge in [0, 0.05) is 57.1 Å². The number of likely N-dealkylation sites (tertiary alicyclic amines) is 1. The maximum absolute atomic E-state index is 4.41. The molecule has 1 N–H and O–H groups in total. The van der Waals surface area contributed by atoms with Crippen molar-refractivity contribution in [2.45, 2.75) is 48.7 Å². The second kappa shape index (κ2) is 8.99. The molecule has 1 aromatic heterocycles. The predicted molar refractivity (Wildman–Crippen MR) is 143 cm³/mol. The predicted octanol–water partition coefficient (Wildman–Crippen LogP) is 4.50. The van der Waals surface area contributed by atoms with Crippen molar-refractivity contribution in [2.24, 2.45) is 18.9 Å². The van der Waals surface area contributed by atoms with E-state index < -0.39 is 0 Å². The summed E-state index contributed by atoms with van der Waals surface area (Å²) in [6.45, 7) is 4.79. The van der Waals surface area contributed by atoms with E-state index in [1.165, 1.54) is 43.6 Å². The summed E-state index contributed by atoms with van der Waals surface area (Å²) in [6, 6.07) is 19.7. The number of hydrogen-bond acceptors (Lipinski definition) is 5. The minimum atomic E-state index is 0.502. The van der Waals surface area contributed by atoms with E-state index in [0.717, 1.165) is 36.4 Å². The van der Waals surface area contributed by atoms with Gasteiger partial charge >= 0.3 is 0 Å². The van der Waals surface area contributed by atoms with E-state index in [4.69, 9.17) is 0 Å². The third kappa shape index (κ3) is 4.41. The van der Waals surface area contributed by atoms with Crippen molar-refractivity contribution >= 4 is 17.6 Å². The second-order valence-electron chi connectivity index (χ2n) is 11.2. The number of nitrogens with zero attached hydrogens (tertiary/aromatic N) is 4. The quantitative estimate of drug-likeness (QED) is 0.499. The number of rotatable bonds is 7. The molecule has 0 radical (unpaired) electrons. The summed E-state index contributed by atoms with van der Waals surface area (Å²) in [5.74, 6) is 2.58. The fraction of sp³-hybridized carbons (Fsp3) is 0.483. The summed E-state index contributed by atoms with van der Waals surface area (Å²) in [5, 5.41) is 1.04. The molecule has 2 aliphatic heterocycles. The molecule has 182 valence electrons. The molecule has 0 spiro atoms. The van der Waals surface area contributed by atoms with Crippen molar-refractivity contribution in [3.8, 4) is 0 Å². The van der Waals surface area contributed by atoms with E-state index in [0.29, 0.717) is 18.0 Å². The number of hydrogen-bond donors (Lipinski definition) is 1. The molecule has 1 saturated carbocycles. The smallest absolute Gasteiger partial charge is 0.129 e. The second-order valence-corrected chi connectivity index (χ2v) is 12.1. The van der Waals surface area contributed by atoms with Gasteiger partial charge in [0.25, 0.3) is 0 Å². The number of aryl methyl sites for hydroxylation is 2. The molecule has 4 atom stereocenters. The zero-order valence-electron chi connectivity index (χ0n) is 20.5. The van der Waals surface area contributed by atoms with Crippen LogP contribution >= 0.6 is 11.9 Å². The average Bonchev–Trinajstić information content (AvgIpc) is 3.23. The molecular weight excluding hydrogens is 450 g/mol. The Hall–Kier alpha value is -2.28. The summed E-state index contributed by atoms with van der Waals surface area (Å²) in [4.78, 5) is 9.80. The Morgan fingerprint density at radius 2 is 1.86 bits per heavy atom. The first-order valence-corrected chi connectivity index (χ1v) is 14.1. The highest BCUT2D eigenvalue weighted by Gasteiger charge is 2.48. The van der Waals surface area contributed by atoms with Gasteiger partial charge in [-0.1, -0.05) is 36.4 Å². The van der Waals surface area contributed by atoms with E-state index in [1.54, 1.807) is 23.1 Å². The number of imidazole rings is 1. The Balaban J connectivity index is 1.08. The largest absolute Gasteiger partial charge is 0.368 e. The van der Waals surface area contributed by atoms with Crippen LogP contribution in [0.15, 0.2) is 66.1 Å². The SMILES string of the molecule is Cn1cnc(SNC2CN(c3ccc4c(c3)C(Cc3ccccc3)C(N3CC5CC5C3)CC4)C2)c1. The van der Waals surface area contributed by atoms with E-state index in [1.807, 2.05) is 17.9 Å². The lowest BCUT2D eigenvalue weighted by atomic mass is 9.75. The summed E-state index contributed by atoms with van der Waals surface area (Å²) in [5.41, 5.74) is 6.07. The molecule has 5 nitrogen and oxygen atoms in total. The number of anilines is 1. The van der Waals surface area contributed by atoms with Crippen LogP contribution in [0.4, 0.5) is 5.69 Å². The maximum Gasteiger partial charge on any atom is 0.129 e. The van der Waals surface area contributed by atoms with Gasteiger partial charge < -0.3 is 9.47 Å². The third-order valence-corrected chi connectivity index (χ3v) is 9.61. The fourth-order valence-corrected chi connectivity index (χ4v) is 7.42. The van der Waals surface area contributed by atoms with Crippen LogP contribution in [0, 0.1) is 11.8 Å². The molecule has 3 fully saturated rings. The Labute approximate surface area is 213 Å². The van der Waals surface area contributed by atoms with E-state index in [9.17, 15) is 0 Å². The van der Waals surface area contributed by atoms with Gasteiger partial charge in [0.2, 0.25) is 0 Å². The molecule has 7 rings (SSSR count). The standard InChI is InChI=1S/C29H35N5S/c1-32-18-29(30-19-32)35-31-24-16-33(17-24)25-9-7-21-8-10-28(34-14-22-12-23(22)15-34)27(26(21)13-25)11-20-5-3-2-4-6-20/h2-7,9,13,18-19,22-24,27-28,31H,8,10-12,14-17H2,1H3. The summed E-state index contributed by atoms with van der Waals surface area (Å²) < 4.78 is 5.59. The van der Waals surface area contributed by atoms with Crippen molar-refractivity contribution in [1.82, 2.24) is 19.2 Å². The van der Waals surface area contributed by atoms with Gasteiger partial charge in [-0.3, -0.25) is 9.62 Å². The monoisotopic (exact) mass is 485 g/mol. The Kier molecular flexibility index (Phi) is 5.64. The van der Waals surface area contributed by atoms with Crippen molar-refractivity contribution in [3.05, 3.63) is 77.7 Å².